The van der Waals surface area contributed by atoms with E-state index in [1.54, 1.807) is 7.05 Å². The van der Waals surface area contributed by atoms with E-state index in [2.05, 4.69) is 32.8 Å². The lowest BCUT2D eigenvalue weighted by Gasteiger charge is -2.30. The number of amides is 1. The first kappa shape index (κ1) is 22.4. The van der Waals surface area contributed by atoms with E-state index in [9.17, 15) is 4.79 Å². The van der Waals surface area contributed by atoms with Gasteiger partial charge in [0.15, 0.2) is 12.6 Å². The second-order valence-electron chi connectivity index (χ2n) is 8.51. The van der Waals surface area contributed by atoms with Crippen molar-refractivity contribution in [3.8, 4) is 5.75 Å². The summed E-state index contributed by atoms with van der Waals surface area (Å²) in [5.74, 6) is 2.34. The molecule has 0 unspecified atom stereocenters. The predicted molar refractivity (Wildman–Crippen MR) is 121 cm³/mol. The standard InChI is InChI=1S/C23H37N5O2/c1-18-9-13-28(14-10-18)12-4-11-25-23(24-2)26-16-19-5-3-6-21(15-19)30-17-22(29)27-20-7-8-20/h3,5-6,15,18,20H,4,7-14,16-17H2,1-2H3,(H,27,29)(H2,24,25,26). The van der Waals surface area contributed by atoms with E-state index in [1.807, 2.05) is 24.3 Å². The average Bonchev–Trinajstić information content (AvgIpc) is 3.57. The zero-order valence-corrected chi connectivity index (χ0v) is 18.5. The molecule has 1 aliphatic carbocycles. The van der Waals surface area contributed by atoms with Crippen LogP contribution in [0, 0.1) is 5.92 Å². The Hall–Kier alpha value is -2.28. The van der Waals surface area contributed by atoms with Crippen LogP contribution in [-0.4, -0.2) is 62.6 Å². The molecule has 1 heterocycles. The van der Waals surface area contributed by atoms with E-state index < -0.39 is 0 Å². The van der Waals surface area contributed by atoms with Gasteiger partial charge in [-0.25, -0.2) is 0 Å². The Kier molecular flexibility index (Phi) is 8.81. The molecule has 2 aliphatic rings. The van der Waals surface area contributed by atoms with Crippen LogP contribution < -0.4 is 20.7 Å². The Balaban J connectivity index is 1.32. The van der Waals surface area contributed by atoms with Crippen molar-refractivity contribution >= 4 is 11.9 Å². The van der Waals surface area contributed by atoms with Crippen LogP contribution in [0.3, 0.4) is 0 Å². The van der Waals surface area contributed by atoms with E-state index in [0.29, 0.717) is 18.3 Å². The van der Waals surface area contributed by atoms with Gasteiger partial charge >= 0.3 is 0 Å². The zero-order chi connectivity index (χ0) is 21.2. The number of piperidine rings is 1. The highest BCUT2D eigenvalue weighted by Gasteiger charge is 2.23. The maximum Gasteiger partial charge on any atom is 0.258 e. The Labute approximate surface area is 180 Å². The SMILES string of the molecule is CN=C(NCCCN1CCC(C)CC1)NCc1cccc(OCC(=O)NC2CC2)c1. The van der Waals surface area contributed by atoms with Crippen molar-refractivity contribution in [2.45, 2.75) is 51.6 Å². The zero-order valence-electron chi connectivity index (χ0n) is 18.5. The maximum absolute atomic E-state index is 11.8. The predicted octanol–water partition coefficient (Wildman–Crippen LogP) is 2.13. The van der Waals surface area contributed by atoms with E-state index in [0.717, 1.165) is 49.8 Å². The second kappa shape index (κ2) is 11.8. The molecule has 30 heavy (non-hydrogen) atoms. The maximum atomic E-state index is 11.8. The van der Waals surface area contributed by atoms with Crippen LogP contribution in [0.5, 0.6) is 5.75 Å². The summed E-state index contributed by atoms with van der Waals surface area (Å²) in [5.41, 5.74) is 1.08. The molecule has 0 aromatic heterocycles. The van der Waals surface area contributed by atoms with Gasteiger partial charge in [0.25, 0.3) is 5.91 Å². The molecule has 1 aromatic carbocycles. The fourth-order valence-electron chi connectivity index (χ4n) is 3.59. The van der Waals surface area contributed by atoms with Crippen LogP contribution in [0.2, 0.25) is 0 Å². The number of carbonyl (C=O) groups is 1. The van der Waals surface area contributed by atoms with Crippen LogP contribution in [0.25, 0.3) is 0 Å². The highest BCUT2D eigenvalue weighted by Crippen LogP contribution is 2.19. The number of nitrogens with one attached hydrogen (secondary N) is 3. The summed E-state index contributed by atoms with van der Waals surface area (Å²) >= 11 is 0. The minimum absolute atomic E-state index is 0.0512. The van der Waals surface area contributed by atoms with Crippen LogP contribution in [0.15, 0.2) is 29.3 Å². The van der Waals surface area contributed by atoms with Gasteiger partial charge in [0, 0.05) is 26.2 Å². The van der Waals surface area contributed by atoms with E-state index in [4.69, 9.17) is 4.74 Å². The molecule has 1 amide bonds. The Morgan fingerprint density at radius 3 is 2.73 bits per heavy atom. The largest absolute Gasteiger partial charge is 0.484 e. The van der Waals surface area contributed by atoms with Crippen molar-refractivity contribution in [3.63, 3.8) is 0 Å². The number of guanidine groups is 1. The van der Waals surface area contributed by atoms with E-state index >= 15 is 0 Å². The lowest BCUT2D eigenvalue weighted by molar-refractivity contribution is -0.123. The molecule has 0 radical (unpaired) electrons. The minimum Gasteiger partial charge on any atom is -0.484 e. The normalized spacial score (nSPS) is 18.1. The summed E-state index contributed by atoms with van der Waals surface area (Å²) in [7, 11) is 1.79. The molecule has 1 saturated heterocycles. The van der Waals surface area contributed by atoms with Crippen LogP contribution in [-0.2, 0) is 11.3 Å². The molecule has 1 saturated carbocycles. The van der Waals surface area contributed by atoms with E-state index in [1.165, 1.54) is 25.9 Å². The molecule has 0 bridgehead atoms. The number of carbonyl (C=O) groups excluding carboxylic acids is 1. The van der Waals surface area contributed by atoms with Crippen LogP contribution >= 0.6 is 0 Å². The summed E-state index contributed by atoms with van der Waals surface area (Å²) in [6.45, 7) is 7.57. The van der Waals surface area contributed by atoms with Crippen molar-refractivity contribution in [2.24, 2.45) is 10.9 Å². The smallest absolute Gasteiger partial charge is 0.258 e. The number of likely N-dealkylation sites (tertiary alicyclic amines) is 1. The summed E-state index contributed by atoms with van der Waals surface area (Å²) in [5, 5.41) is 9.67. The lowest BCUT2D eigenvalue weighted by atomic mass is 9.99. The van der Waals surface area contributed by atoms with Gasteiger partial charge in [0.1, 0.15) is 5.75 Å². The van der Waals surface area contributed by atoms with Gasteiger partial charge < -0.3 is 25.6 Å². The fraction of sp³-hybridized carbons (Fsp3) is 0.652. The molecule has 2 fully saturated rings. The molecular weight excluding hydrogens is 378 g/mol. The molecule has 166 valence electrons. The summed E-state index contributed by atoms with van der Waals surface area (Å²) in [4.78, 5) is 18.6. The number of benzene rings is 1. The fourth-order valence-corrected chi connectivity index (χ4v) is 3.59. The Bertz CT molecular complexity index is 697. The molecular formula is C23H37N5O2. The van der Waals surface area contributed by atoms with Crippen LogP contribution in [0.1, 0.15) is 44.6 Å². The topological polar surface area (TPSA) is 78.0 Å². The lowest BCUT2D eigenvalue weighted by Crippen LogP contribution is -2.39. The third-order valence-electron chi connectivity index (χ3n) is 5.71. The molecule has 0 atom stereocenters. The third kappa shape index (κ3) is 8.22. The quantitative estimate of drug-likeness (QED) is 0.310. The summed E-state index contributed by atoms with van der Waals surface area (Å²) < 4.78 is 5.62. The summed E-state index contributed by atoms with van der Waals surface area (Å²) in [6, 6.07) is 8.18. The number of rotatable bonds is 10. The van der Waals surface area contributed by atoms with Crippen LogP contribution in [0.4, 0.5) is 0 Å². The molecule has 1 aromatic rings. The molecule has 7 nitrogen and oxygen atoms in total. The van der Waals surface area contributed by atoms with Crippen molar-refractivity contribution in [1.82, 2.24) is 20.9 Å². The molecule has 1 aliphatic heterocycles. The molecule has 0 spiro atoms. The first-order chi connectivity index (χ1) is 14.6. The van der Waals surface area contributed by atoms with Crippen molar-refractivity contribution in [3.05, 3.63) is 29.8 Å². The highest BCUT2D eigenvalue weighted by atomic mass is 16.5. The first-order valence-electron chi connectivity index (χ1n) is 11.3. The van der Waals surface area contributed by atoms with Crippen molar-refractivity contribution in [1.29, 1.82) is 0 Å². The monoisotopic (exact) mass is 415 g/mol. The van der Waals surface area contributed by atoms with Crippen molar-refractivity contribution < 1.29 is 9.53 Å². The van der Waals surface area contributed by atoms with Gasteiger partial charge in [-0.2, -0.15) is 0 Å². The summed E-state index contributed by atoms with van der Waals surface area (Å²) in [6.07, 6.45) is 5.93. The molecule has 7 heteroatoms. The van der Waals surface area contributed by atoms with Gasteiger partial charge in [-0.1, -0.05) is 19.1 Å². The third-order valence-corrected chi connectivity index (χ3v) is 5.71. The molecule has 3 N–H and O–H groups in total. The number of hydrogen-bond acceptors (Lipinski definition) is 4. The number of aliphatic imine (C=N–C) groups is 1. The number of hydrogen-bond donors (Lipinski definition) is 3. The second-order valence-corrected chi connectivity index (χ2v) is 8.51. The number of ether oxygens (including phenoxy) is 1. The Morgan fingerprint density at radius 2 is 2.00 bits per heavy atom. The average molecular weight is 416 g/mol. The highest BCUT2D eigenvalue weighted by molar-refractivity contribution is 5.79. The molecule has 3 rings (SSSR count). The van der Waals surface area contributed by atoms with Gasteiger partial charge in [0.2, 0.25) is 0 Å². The van der Waals surface area contributed by atoms with E-state index in [-0.39, 0.29) is 12.5 Å². The Morgan fingerprint density at radius 1 is 1.20 bits per heavy atom. The minimum atomic E-state index is -0.0512. The first-order valence-corrected chi connectivity index (χ1v) is 11.3. The van der Waals surface area contributed by atoms with Gasteiger partial charge in [0.05, 0.1) is 0 Å². The van der Waals surface area contributed by atoms with Crippen molar-refractivity contribution in [2.75, 3.05) is 39.8 Å². The van der Waals surface area contributed by atoms with Gasteiger partial charge in [-0.3, -0.25) is 9.79 Å². The number of nitrogens with zero attached hydrogens (tertiary/aromatic N) is 2. The van der Waals surface area contributed by atoms with Gasteiger partial charge in [-0.05, 0) is 75.4 Å². The van der Waals surface area contributed by atoms with Gasteiger partial charge in [-0.15, -0.1) is 0 Å².